The van der Waals surface area contributed by atoms with Crippen LogP contribution >= 0.6 is 0 Å². The Kier molecular flexibility index (Phi) is 9.16. The summed E-state index contributed by atoms with van der Waals surface area (Å²) in [5, 5.41) is 12.8. The van der Waals surface area contributed by atoms with E-state index in [1.165, 1.54) is 24.5 Å². The van der Waals surface area contributed by atoms with Crippen LogP contribution in [0.4, 0.5) is 5.95 Å². The van der Waals surface area contributed by atoms with Gasteiger partial charge in [-0.15, -0.1) is 0 Å². The van der Waals surface area contributed by atoms with Crippen LogP contribution in [0.25, 0.3) is 0 Å². The Balaban J connectivity index is 1.52. The molecule has 0 saturated carbocycles. The van der Waals surface area contributed by atoms with E-state index in [-0.39, 0.29) is 41.3 Å². The lowest BCUT2D eigenvalue weighted by molar-refractivity contribution is 0.0525. The van der Waals surface area contributed by atoms with E-state index >= 15 is 0 Å². The molecule has 2 atom stereocenters. The summed E-state index contributed by atoms with van der Waals surface area (Å²) in [5.74, 6) is -0.139. The molecule has 11 heteroatoms. The highest BCUT2D eigenvalue weighted by Gasteiger charge is 2.27. The van der Waals surface area contributed by atoms with Crippen molar-refractivity contribution in [3.8, 4) is 0 Å². The van der Waals surface area contributed by atoms with E-state index in [1.807, 2.05) is 17.0 Å². The monoisotopic (exact) mass is 566 g/mol. The lowest BCUT2D eigenvalue weighted by Gasteiger charge is -2.34. The number of esters is 1. The summed E-state index contributed by atoms with van der Waals surface area (Å²) in [6, 6.07) is 11.1. The molecule has 0 fully saturated rings. The maximum atomic E-state index is 13.2. The van der Waals surface area contributed by atoms with Crippen molar-refractivity contribution in [1.29, 1.82) is 0 Å². The van der Waals surface area contributed by atoms with Crippen LogP contribution < -0.4 is 10.2 Å². The Morgan fingerprint density at radius 1 is 1.07 bits per heavy atom. The maximum Gasteiger partial charge on any atom is 0.341 e. The SMILES string of the molecule is CCOC(=O)c1cnc(N2Cc3cc(C(=O)N[C@@H](CO)c4ccc(S(=O)(=O)CC)cc4)ccc3[C@@H](CC)C2)nc1. The summed E-state index contributed by atoms with van der Waals surface area (Å²) in [7, 11) is -3.35. The molecule has 40 heavy (non-hydrogen) atoms. The fraction of sp³-hybridized carbons (Fsp3) is 0.379. The van der Waals surface area contributed by atoms with Gasteiger partial charge in [-0.05, 0) is 54.3 Å². The third-order valence-corrected chi connectivity index (χ3v) is 8.83. The second kappa shape index (κ2) is 12.6. The number of ether oxygens (including phenoxy) is 1. The van der Waals surface area contributed by atoms with Crippen LogP contribution in [-0.2, 0) is 21.1 Å². The van der Waals surface area contributed by atoms with Gasteiger partial charge in [-0.25, -0.2) is 23.2 Å². The number of rotatable bonds is 10. The first-order valence-electron chi connectivity index (χ1n) is 13.3. The molecule has 0 bridgehead atoms. The van der Waals surface area contributed by atoms with E-state index in [4.69, 9.17) is 4.74 Å². The van der Waals surface area contributed by atoms with Gasteiger partial charge in [0, 0.05) is 37.0 Å². The molecule has 1 amide bonds. The predicted octanol–water partition coefficient (Wildman–Crippen LogP) is 3.42. The number of aliphatic hydroxyl groups excluding tert-OH is 1. The van der Waals surface area contributed by atoms with Gasteiger partial charge in [-0.1, -0.05) is 32.0 Å². The van der Waals surface area contributed by atoms with Crippen LogP contribution in [0.2, 0.25) is 0 Å². The summed E-state index contributed by atoms with van der Waals surface area (Å²) in [6.07, 6.45) is 3.80. The van der Waals surface area contributed by atoms with E-state index in [9.17, 15) is 23.1 Å². The topological polar surface area (TPSA) is 139 Å². The number of aliphatic hydroxyl groups is 1. The van der Waals surface area contributed by atoms with E-state index in [0.29, 0.717) is 30.2 Å². The molecule has 0 unspecified atom stereocenters. The van der Waals surface area contributed by atoms with E-state index < -0.39 is 21.8 Å². The number of aromatic nitrogens is 2. The third-order valence-electron chi connectivity index (χ3n) is 7.08. The van der Waals surface area contributed by atoms with Gasteiger partial charge >= 0.3 is 5.97 Å². The lowest BCUT2D eigenvalue weighted by atomic mass is 9.87. The first-order chi connectivity index (χ1) is 19.2. The summed E-state index contributed by atoms with van der Waals surface area (Å²) >= 11 is 0. The van der Waals surface area contributed by atoms with E-state index in [1.54, 1.807) is 32.0 Å². The second-order valence-electron chi connectivity index (χ2n) is 9.57. The molecule has 212 valence electrons. The largest absolute Gasteiger partial charge is 0.462 e. The Bertz CT molecular complexity index is 1460. The lowest BCUT2D eigenvalue weighted by Crippen LogP contribution is -2.35. The molecule has 1 aliphatic heterocycles. The van der Waals surface area contributed by atoms with Gasteiger partial charge in [-0.3, -0.25) is 4.79 Å². The number of nitrogens with one attached hydrogen (secondary N) is 1. The minimum absolute atomic E-state index is 0.00775. The number of anilines is 1. The number of sulfone groups is 1. The standard InChI is InChI=1S/C29H34N4O6S/c1-4-19-16-33(29-30-14-23(15-31-29)28(36)39-5-2)17-22-13-21(9-12-25(19)22)27(35)32-26(18-34)20-7-10-24(11-8-20)40(37,38)6-3/h7-15,19,26,34H,4-6,16-18H2,1-3H3,(H,32,35)/t19-,26-/m0/s1. The summed E-state index contributed by atoms with van der Waals surface area (Å²) in [4.78, 5) is 36.2. The van der Waals surface area contributed by atoms with Gasteiger partial charge in [0.05, 0.1) is 35.5 Å². The van der Waals surface area contributed by atoms with Crippen molar-refractivity contribution < 1.29 is 27.9 Å². The molecule has 0 aliphatic carbocycles. The maximum absolute atomic E-state index is 13.2. The molecule has 0 saturated heterocycles. The smallest absolute Gasteiger partial charge is 0.341 e. The molecule has 2 N–H and O–H groups in total. The minimum atomic E-state index is -3.35. The number of carbonyl (C=O) groups excluding carboxylic acids is 2. The highest BCUT2D eigenvalue weighted by molar-refractivity contribution is 7.91. The molecule has 0 spiro atoms. The molecule has 1 aliphatic rings. The van der Waals surface area contributed by atoms with Crippen LogP contribution in [-0.4, -0.2) is 60.9 Å². The number of benzene rings is 2. The van der Waals surface area contributed by atoms with E-state index in [0.717, 1.165) is 17.5 Å². The Hall–Kier alpha value is -3.83. The zero-order chi connectivity index (χ0) is 28.9. The number of hydrogen-bond donors (Lipinski definition) is 2. The number of carbonyl (C=O) groups is 2. The molecule has 3 aromatic rings. The molecule has 10 nitrogen and oxygen atoms in total. The highest BCUT2D eigenvalue weighted by atomic mass is 32.2. The average Bonchev–Trinajstić information content (AvgIpc) is 2.99. The van der Waals surface area contributed by atoms with Crippen molar-refractivity contribution >= 4 is 27.7 Å². The number of nitrogens with zero attached hydrogens (tertiary/aromatic N) is 3. The Morgan fingerprint density at radius 3 is 2.38 bits per heavy atom. The average molecular weight is 567 g/mol. The van der Waals surface area contributed by atoms with Gasteiger partial charge in [-0.2, -0.15) is 0 Å². The van der Waals surface area contributed by atoms with E-state index in [2.05, 4.69) is 22.2 Å². The number of hydrogen-bond acceptors (Lipinski definition) is 9. The zero-order valence-electron chi connectivity index (χ0n) is 22.8. The molecular formula is C29H34N4O6S. The molecular weight excluding hydrogens is 532 g/mol. The first kappa shape index (κ1) is 29.2. The van der Waals surface area contributed by atoms with Crippen LogP contribution in [0.15, 0.2) is 59.8 Å². The van der Waals surface area contributed by atoms with Crippen molar-refractivity contribution in [3.05, 3.63) is 82.7 Å². The normalized spacial score (nSPS) is 15.7. The Labute approximate surface area is 234 Å². The van der Waals surface area contributed by atoms with Crippen molar-refractivity contribution in [2.24, 2.45) is 0 Å². The van der Waals surface area contributed by atoms with Gasteiger partial charge in [0.1, 0.15) is 0 Å². The molecule has 0 radical (unpaired) electrons. The molecule has 2 heterocycles. The molecule has 1 aromatic heterocycles. The van der Waals surface area contributed by atoms with Gasteiger partial charge in [0.15, 0.2) is 9.84 Å². The molecule has 4 rings (SSSR count). The highest BCUT2D eigenvalue weighted by Crippen LogP contribution is 2.33. The predicted molar refractivity (Wildman–Crippen MR) is 150 cm³/mol. The first-order valence-corrected chi connectivity index (χ1v) is 15.0. The van der Waals surface area contributed by atoms with Crippen molar-refractivity contribution in [2.75, 3.05) is 30.4 Å². The van der Waals surface area contributed by atoms with Gasteiger partial charge in [0.25, 0.3) is 5.91 Å². The number of amides is 1. The van der Waals surface area contributed by atoms with Crippen LogP contribution in [0.1, 0.15) is 76.6 Å². The quantitative estimate of drug-likeness (QED) is 0.353. The minimum Gasteiger partial charge on any atom is -0.462 e. The van der Waals surface area contributed by atoms with Crippen LogP contribution in [0.3, 0.4) is 0 Å². The van der Waals surface area contributed by atoms with Crippen molar-refractivity contribution in [3.63, 3.8) is 0 Å². The fourth-order valence-corrected chi connectivity index (χ4v) is 5.66. The summed E-state index contributed by atoms with van der Waals surface area (Å²) in [6.45, 7) is 6.53. The fourth-order valence-electron chi connectivity index (χ4n) is 4.77. The van der Waals surface area contributed by atoms with Crippen molar-refractivity contribution in [2.45, 2.75) is 50.6 Å². The van der Waals surface area contributed by atoms with Crippen LogP contribution in [0, 0.1) is 0 Å². The zero-order valence-corrected chi connectivity index (χ0v) is 23.6. The Morgan fingerprint density at radius 2 is 1.77 bits per heavy atom. The van der Waals surface area contributed by atoms with Gasteiger partial charge in [0.2, 0.25) is 5.95 Å². The third kappa shape index (κ3) is 6.31. The molecule has 2 aromatic carbocycles. The summed E-state index contributed by atoms with van der Waals surface area (Å²) < 4.78 is 29.2. The number of fused-ring (bicyclic) bond motifs is 1. The van der Waals surface area contributed by atoms with Crippen LogP contribution in [0.5, 0.6) is 0 Å². The van der Waals surface area contributed by atoms with Crippen molar-refractivity contribution in [1.82, 2.24) is 15.3 Å². The summed E-state index contributed by atoms with van der Waals surface area (Å²) in [5.41, 5.74) is 3.46. The van der Waals surface area contributed by atoms with Gasteiger partial charge < -0.3 is 20.1 Å². The second-order valence-corrected chi connectivity index (χ2v) is 11.9.